The molecule has 0 N–H and O–H groups in total. The molecule has 4 aromatic carbocycles. The molecule has 0 saturated heterocycles. The normalized spacial score (nSPS) is 12.3. The van der Waals surface area contributed by atoms with Crippen LogP contribution in [0.3, 0.4) is 0 Å². The number of rotatable bonds is 4. The summed E-state index contributed by atoms with van der Waals surface area (Å²) in [5.74, 6) is 0. The smallest absolute Gasteiger partial charge is 0.0152 e. The first-order chi connectivity index (χ1) is 13.4. The highest BCUT2D eigenvalue weighted by molar-refractivity contribution is 5.91. The van der Waals surface area contributed by atoms with Crippen molar-refractivity contribution in [2.24, 2.45) is 0 Å². The summed E-state index contributed by atoms with van der Waals surface area (Å²) in [7, 11) is 0. The molecule has 0 saturated carbocycles. The van der Waals surface area contributed by atoms with E-state index in [1.807, 2.05) is 0 Å². The van der Waals surface area contributed by atoms with E-state index in [2.05, 4.69) is 125 Å². The summed E-state index contributed by atoms with van der Waals surface area (Å²) in [4.78, 5) is 0. The first-order valence-electron chi connectivity index (χ1n) is 10.1. The summed E-state index contributed by atoms with van der Waals surface area (Å²) in [6, 6.07) is 35.2. The largest absolute Gasteiger partial charge is 0.0622 e. The summed E-state index contributed by atoms with van der Waals surface area (Å²) in [5.41, 5.74) is 5.32. The van der Waals surface area contributed by atoms with Gasteiger partial charge in [-0.3, -0.25) is 0 Å². The molecular weight excluding hydrogens is 336 g/mol. The second-order valence-electron chi connectivity index (χ2n) is 8.69. The van der Waals surface area contributed by atoms with Gasteiger partial charge in [0.05, 0.1) is 0 Å². The highest BCUT2D eigenvalue weighted by Gasteiger charge is 2.28. The standard InChI is InChI=1S/C28H28/c1-27(2,21-13-7-5-8-14-21)25-19-11-18-24-23(25)17-12-20-26(24)28(3,4)22-15-9-6-10-16-22/h5-20H,1-4H3. The van der Waals surface area contributed by atoms with Gasteiger partial charge >= 0.3 is 0 Å². The molecule has 4 rings (SSSR count). The molecular formula is C28H28. The Morgan fingerprint density at radius 1 is 0.393 bits per heavy atom. The zero-order chi connectivity index (χ0) is 19.8. The van der Waals surface area contributed by atoms with Gasteiger partial charge in [-0.25, -0.2) is 0 Å². The molecule has 0 nitrogen and oxygen atoms in total. The maximum absolute atomic E-state index is 2.33. The van der Waals surface area contributed by atoms with E-state index >= 15 is 0 Å². The number of hydrogen-bond acceptors (Lipinski definition) is 0. The maximum atomic E-state index is 2.33. The summed E-state index contributed by atoms with van der Waals surface area (Å²) in [5, 5.41) is 2.69. The molecule has 0 aromatic heterocycles. The van der Waals surface area contributed by atoms with Gasteiger partial charge in [-0.1, -0.05) is 125 Å². The second-order valence-corrected chi connectivity index (χ2v) is 8.69. The second kappa shape index (κ2) is 6.95. The lowest BCUT2D eigenvalue weighted by Crippen LogP contribution is -2.21. The average molecular weight is 365 g/mol. The molecule has 140 valence electrons. The predicted octanol–water partition coefficient (Wildman–Crippen LogP) is 7.49. The van der Waals surface area contributed by atoms with Crippen LogP contribution in [0, 0.1) is 0 Å². The third kappa shape index (κ3) is 3.03. The van der Waals surface area contributed by atoms with Crippen LogP contribution in [0.5, 0.6) is 0 Å². The zero-order valence-electron chi connectivity index (χ0n) is 17.2. The van der Waals surface area contributed by atoms with E-state index in [4.69, 9.17) is 0 Å². The van der Waals surface area contributed by atoms with Crippen LogP contribution in [-0.4, -0.2) is 0 Å². The molecule has 0 bridgehead atoms. The van der Waals surface area contributed by atoms with Gasteiger partial charge in [0.25, 0.3) is 0 Å². The Labute approximate surface area is 168 Å². The van der Waals surface area contributed by atoms with Crippen LogP contribution in [0.15, 0.2) is 97.1 Å². The SMILES string of the molecule is CC(C)(c1ccccc1)c1cccc2c(C(C)(C)c3ccccc3)cccc12. The molecule has 0 amide bonds. The quantitative estimate of drug-likeness (QED) is 0.352. The highest BCUT2D eigenvalue weighted by Crippen LogP contribution is 2.40. The Bertz CT molecular complexity index is 996. The average Bonchev–Trinajstić information content (AvgIpc) is 2.74. The lowest BCUT2D eigenvalue weighted by atomic mass is 9.73. The molecule has 4 aromatic rings. The van der Waals surface area contributed by atoms with Crippen molar-refractivity contribution in [2.75, 3.05) is 0 Å². The first kappa shape index (κ1) is 18.5. The van der Waals surface area contributed by atoms with E-state index < -0.39 is 0 Å². The van der Waals surface area contributed by atoms with Crippen molar-refractivity contribution < 1.29 is 0 Å². The van der Waals surface area contributed by atoms with E-state index in [1.165, 1.54) is 33.0 Å². The number of fused-ring (bicyclic) bond motifs is 1. The Morgan fingerprint density at radius 2 is 0.750 bits per heavy atom. The summed E-state index contributed by atoms with van der Waals surface area (Å²) >= 11 is 0. The third-order valence-corrected chi connectivity index (χ3v) is 6.26. The van der Waals surface area contributed by atoms with Crippen molar-refractivity contribution >= 4 is 10.8 Å². The van der Waals surface area contributed by atoms with Gasteiger partial charge in [0, 0.05) is 10.8 Å². The Balaban J connectivity index is 1.93. The van der Waals surface area contributed by atoms with E-state index in [-0.39, 0.29) is 10.8 Å². The van der Waals surface area contributed by atoms with E-state index in [0.717, 1.165) is 0 Å². The van der Waals surface area contributed by atoms with Gasteiger partial charge in [-0.2, -0.15) is 0 Å². The highest BCUT2D eigenvalue weighted by atomic mass is 14.3. The summed E-state index contributed by atoms with van der Waals surface area (Å²) in [6.07, 6.45) is 0. The predicted molar refractivity (Wildman–Crippen MR) is 121 cm³/mol. The van der Waals surface area contributed by atoms with Gasteiger partial charge in [-0.15, -0.1) is 0 Å². The van der Waals surface area contributed by atoms with Crippen LogP contribution in [0.4, 0.5) is 0 Å². The van der Waals surface area contributed by atoms with E-state index in [1.54, 1.807) is 0 Å². The van der Waals surface area contributed by atoms with Gasteiger partial charge in [-0.05, 0) is 33.0 Å². The van der Waals surface area contributed by atoms with Gasteiger partial charge in [0.2, 0.25) is 0 Å². The fourth-order valence-corrected chi connectivity index (χ4v) is 4.42. The lowest BCUT2D eigenvalue weighted by Gasteiger charge is -2.31. The van der Waals surface area contributed by atoms with Crippen molar-refractivity contribution in [3.63, 3.8) is 0 Å². The van der Waals surface area contributed by atoms with E-state index in [0.29, 0.717) is 0 Å². The maximum Gasteiger partial charge on any atom is 0.0152 e. The van der Waals surface area contributed by atoms with Crippen LogP contribution >= 0.6 is 0 Å². The number of benzene rings is 4. The van der Waals surface area contributed by atoms with Crippen LogP contribution in [0.25, 0.3) is 10.8 Å². The van der Waals surface area contributed by atoms with Crippen LogP contribution in [-0.2, 0) is 10.8 Å². The fourth-order valence-electron chi connectivity index (χ4n) is 4.42. The molecule has 0 unspecified atom stereocenters. The number of hydrogen-bond donors (Lipinski definition) is 0. The molecule has 0 heterocycles. The summed E-state index contributed by atoms with van der Waals surface area (Å²) < 4.78 is 0. The third-order valence-electron chi connectivity index (χ3n) is 6.26. The van der Waals surface area contributed by atoms with Gasteiger partial charge in [0.1, 0.15) is 0 Å². The van der Waals surface area contributed by atoms with E-state index in [9.17, 15) is 0 Å². The van der Waals surface area contributed by atoms with Crippen molar-refractivity contribution in [1.82, 2.24) is 0 Å². The molecule has 0 aliphatic rings. The molecule has 0 fully saturated rings. The minimum Gasteiger partial charge on any atom is -0.0622 e. The van der Waals surface area contributed by atoms with Crippen LogP contribution in [0.2, 0.25) is 0 Å². The van der Waals surface area contributed by atoms with Gasteiger partial charge in [0.15, 0.2) is 0 Å². The Kier molecular flexibility index (Phi) is 4.59. The molecule has 0 atom stereocenters. The molecule has 0 spiro atoms. The van der Waals surface area contributed by atoms with Crippen molar-refractivity contribution in [3.8, 4) is 0 Å². The molecule has 0 aliphatic carbocycles. The van der Waals surface area contributed by atoms with Crippen molar-refractivity contribution in [1.29, 1.82) is 0 Å². The molecule has 0 radical (unpaired) electrons. The Hall–Kier alpha value is -2.86. The summed E-state index contributed by atoms with van der Waals surface area (Å²) in [6.45, 7) is 9.30. The fraction of sp³-hybridized carbons (Fsp3) is 0.214. The first-order valence-corrected chi connectivity index (χ1v) is 10.1. The van der Waals surface area contributed by atoms with Crippen molar-refractivity contribution in [3.05, 3.63) is 119 Å². The molecule has 0 heteroatoms. The van der Waals surface area contributed by atoms with Crippen LogP contribution in [0.1, 0.15) is 49.9 Å². The Morgan fingerprint density at radius 3 is 1.11 bits per heavy atom. The molecule has 0 aliphatic heterocycles. The lowest BCUT2D eigenvalue weighted by molar-refractivity contribution is 0.641. The minimum absolute atomic E-state index is 0.0592. The van der Waals surface area contributed by atoms with Crippen molar-refractivity contribution in [2.45, 2.75) is 38.5 Å². The zero-order valence-corrected chi connectivity index (χ0v) is 17.2. The van der Waals surface area contributed by atoms with Crippen LogP contribution < -0.4 is 0 Å². The monoisotopic (exact) mass is 364 g/mol. The van der Waals surface area contributed by atoms with Gasteiger partial charge < -0.3 is 0 Å². The topological polar surface area (TPSA) is 0 Å². The minimum atomic E-state index is -0.0592. The molecule has 28 heavy (non-hydrogen) atoms.